The van der Waals surface area contributed by atoms with E-state index >= 15 is 0 Å². The van der Waals surface area contributed by atoms with Crippen molar-refractivity contribution in [1.82, 2.24) is 15.1 Å². The molecular formula is C13H27N3. The van der Waals surface area contributed by atoms with Gasteiger partial charge in [-0.3, -0.25) is 4.90 Å². The Morgan fingerprint density at radius 2 is 1.94 bits per heavy atom. The Hall–Kier alpha value is -0.120. The van der Waals surface area contributed by atoms with E-state index in [0.717, 1.165) is 12.0 Å². The van der Waals surface area contributed by atoms with E-state index in [4.69, 9.17) is 0 Å². The average Bonchev–Trinajstić information content (AvgIpc) is 2.32. The lowest BCUT2D eigenvalue weighted by molar-refractivity contribution is 0.0607. The highest BCUT2D eigenvalue weighted by Crippen LogP contribution is 2.23. The maximum atomic E-state index is 3.56. The van der Waals surface area contributed by atoms with Crippen LogP contribution in [0, 0.1) is 5.92 Å². The molecule has 2 aliphatic rings. The fourth-order valence-corrected chi connectivity index (χ4v) is 3.21. The van der Waals surface area contributed by atoms with Crippen LogP contribution in [0.5, 0.6) is 0 Å². The van der Waals surface area contributed by atoms with Crippen LogP contribution in [0.3, 0.4) is 0 Å². The molecule has 3 nitrogen and oxygen atoms in total. The molecule has 0 aromatic carbocycles. The monoisotopic (exact) mass is 225 g/mol. The van der Waals surface area contributed by atoms with Gasteiger partial charge in [-0.15, -0.1) is 0 Å². The highest BCUT2D eigenvalue weighted by atomic mass is 15.3. The summed E-state index contributed by atoms with van der Waals surface area (Å²) in [6.45, 7) is 9.84. The Balaban J connectivity index is 1.89. The van der Waals surface area contributed by atoms with E-state index in [1.807, 2.05) is 0 Å². The molecule has 3 heteroatoms. The third kappa shape index (κ3) is 2.96. The van der Waals surface area contributed by atoms with Gasteiger partial charge in [-0.25, -0.2) is 0 Å². The van der Waals surface area contributed by atoms with Crippen molar-refractivity contribution in [1.29, 1.82) is 0 Å². The molecule has 0 bridgehead atoms. The molecule has 2 heterocycles. The highest BCUT2D eigenvalue weighted by Gasteiger charge is 2.30. The van der Waals surface area contributed by atoms with Crippen LogP contribution in [0.25, 0.3) is 0 Å². The third-order valence-corrected chi connectivity index (χ3v) is 4.23. The standard InChI is InChI=1S/C13H27N3/c1-3-4-12-11-14-6-5-13(12)16-9-7-15(2)8-10-16/h12-14H,3-11H2,1-2H3. The van der Waals surface area contributed by atoms with Crippen LogP contribution >= 0.6 is 0 Å². The van der Waals surface area contributed by atoms with Crippen LogP contribution in [0.2, 0.25) is 0 Å². The van der Waals surface area contributed by atoms with Crippen LogP contribution in [-0.4, -0.2) is 62.2 Å². The van der Waals surface area contributed by atoms with Gasteiger partial charge in [0.2, 0.25) is 0 Å². The van der Waals surface area contributed by atoms with E-state index in [1.165, 1.54) is 58.5 Å². The first-order valence-corrected chi connectivity index (χ1v) is 6.94. The topological polar surface area (TPSA) is 18.5 Å². The molecule has 2 saturated heterocycles. The fourth-order valence-electron chi connectivity index (χ4n) is 3.21. The zero-order valence-corrected chi connectivity index (χ0v) is 10.9. The van der Waals surface area contributed by atoms with Gasteiger partial charge >= 0.3 is 0 Å². The smallest absolute Gasteiger partial charge is 0.0149 e. The maximum Gasteiger partial charge on any atom is 0.0149 e. The van der Waals surface area contributed by atoms with Crippen molar-refractivity contribution < 1.29 is 0 Å². The quantitative estimate of drug-likeness (QED) is 0.773. The normalized spacial score (nSPS) is 34.1. The van der Waals surface area contributed by atoms with E-state index in [9.17, 15) is 0 Å². The van der Waals surface area contributed by atoms with E-state index < -0.39 is 0 Å². The van der Waals surface area contributed by atoms with Gasteiger partial charge in [0, 0.05) is 32.2 Å². The summed E-state index contributed by atoms with van der Waals surface area (Å²) in [5, 5.41) is 3.56. The highest BCUT2D eigenvalue weighted by molar-refractivity contribution is 4.87. The molecule has 94 valence electrons. The van der Waals surface area contributed by atoms with Gasteiger partial charge in [-0.05, 0) is 38.9 Å². The molecule has 0 aliphatic carbocycles. The average molecular weight is 225 g/mol. The summed E-state index contributed by atoms with van der Waals surface area (Å²) in [6.07, 6.45) is 4.08. The van der Waals surface area contributed by atoms with Gasteiger partial charge in [0.05, 0.1) is 0 Å². The van der Waals surface area contributed by atoms with Gasteiger partial charge in [-0.2, -0.15) is 0 Å². The number of likely N-dealkylation sites (N-methyl/N-ethyl adjacent to an activating group) is 1. The zero-order chi connectivity index (χ0) is 11.4. The van der Waals surface area contributed by atoms with Crippen molar-refractivity contribution in [3.05, 3.63) is 0 Å². The lowest BCUT2D eigenvalue weighted by Gasteiger charge is -2.43. The molecule has 2 rings (SSSR count). The van der Waals surface area contributed by atoms with Crippen molar-refractivity contribution in [3.63, 3.8) is 0 Å². The minimum Gasteiger partial charge on any atom is -0.316 e. The van der Waals surface area contributed by atoms with Gasteiger partial charge in [0.1, 0.15) is 0 Å². The lowest BCUT2D eigenvalue weighted by atomic mass is 9.88. The Morgan fingerprint density at radius 3 is 2.62 bits per heavy atom. The number of piperazine rings is 1. The second kappa shape index (κ2) is 5.99. The molecule has 2 atom stereocenters. The molecule has 16 heavy (non-hydrogen) atoms. The molecular weight excluding hydrogens is 198 g/mol. The Kier molecular flexibility index (Phi) is 4.62. The van der Waals surface area contributed by atoms with Gasteiger partial charge in [-0.1, -0.05) is 13.3 Å². The van der Waals surface area contributed by atoms with Crippen molar-refractivity contribution in [2.75, 3.05) is 46.3 Å². The first-order valence-electron chi connectivity index (χ1n) is 6.94. The van der Waals surface area contributed by atoms with Gasteiger partial charge in [0.15, 0.2) is 0 Å². The summed E-state index contributed by atoms with van der Waals surface area (Å²) in [7, 11) is 2.24. The summed E-state index contributed by atoms with van der Waals surface area (Å²) < 4.78 is 0. The van der Waals surface area contributed by atoms with E-state index in [0.29, 0.717) is 0 Å². The molecule has 2 aliphatic heterocycles. The second-order valence-corrected chi connectivity index (χ2v) is 5.45. The van der Waals surface area contributed by atoms with Crippen LogP contribution in [0.1, 0.15) is 26.2 Å². The summed E-state index contributed by atoms with van der Waals surface area (Å²) >= 11 is 0. The SMILES string of the molecule is CCCC1CNCCC1N1CCN(C)CC1. The molecule has 0 aromatic heterocycles. The number of nitrogens with zero attached hydrogens (tertiary/aromatic N) is 2. The van der Waals surface area contributed by atoms with Gasteiger partial charge in [0.25, 0.3) is 0 Å². The Morgan fingerprint density at radius 1 is 1.19 bits per heavy atom. The minimum absolute atomic E-state index is 0.856. The molecule has 0 saturated carbocycles. The largest absolute Gasteiger partial charge is 0.316 e. The van der Waals surface area contributed by atoms with E-state index in [2.05, 4.69) is 29.1 Å². The lowest BCUT2D eigenvalue weighted by Crippen LogP contribution is -2.55. The molecule has 2 fully saturated rings. The molecule has 2 unspecified atom stereocenters. The van der Waals surface area contributed by atoms with Crippen LogP contribution < -0.4 is 5.32 Å². The number of hydrogen-bond acceptors (Lipinski definition) is 3. The summed E-state index contributed by atoms with van der Waals surface area (Å²) in [6, 6.07) is 0.856. The molecule has 0 radical (unpaired) electrons. The predicted octanol–water partition coefficient (Wildman–Crippen LogP) is 1.01. The van der Waals surface area contributed by atoms with Crippen molar-refractivity contribution >= 4 is 0 Å². The summed E-state index contributed by atoms with van der Waals surface area (Å²) in [4.78, 5) is 5.20. The number of nitrogens with one attached hydrogen (secondary N) is 1. The predicted molar refractivity (Wildman–Crippen MR) is 68.7 cm³/mol. The number of rotatable bonds is 3. The fraction of sp³-hybridized carbons (Fsp3) is 1.00. The van der Waals surface area contributed by atoms with E-state index in [1.54, 1.807) is 0 Å². The minimum atomic E-state index is 0.856. The van der Waals surface area contributed by atoms with Crippen molar-refractivity contribution in [2.45, 2.75) is 32.2 Å². The summed E-state index contributed by atoms with van der Waals surface area (Å²) in [5.74, 6) is 0.891. The zero-order valence-electron chi connectivity index (χ0n) is 10.9. The van der Waals surface area contributed by atoms with E-state index in [-0.39, 0.29) is 0 Å². The van der Waals surface area contributed by atoms with Crippen molar-refractivity contribution in [2.24, 2.45) is 5.92 Å². The van der Waals surface area contributed by atoms with Crippen LogP contribution in [0.15, 0.2) is 0 Å². The maximum absolute atomic E-state index is 3.56. The van der Waals surface area contributed by atoms with Crippen LogP contribution in [0.4, 0.5) is 0 Å². The molecule has 0 spiro atoms. The van der Waals surface area contributed by atoms with Gasteiger partial charge < -0.3 is 10.2 Å². The Bertz CT molecular complexity index is 197. The second-order valence-electron chi connectivity index (χ2n) is 5.45. The molecule has 0 aromatic rings. The molecule has 1 N–H and O–H groups in total. The molecule has 0 amide bonds. The first-order chi connectivity index (χ1) is 7.81. The van der Waals surface area contributed by atoms with Crippen molar-refractivity contribution in [3.8, 4) is 0 Å². The Labute approximate surface area is 100 Å². The number of hydrogen-bond donors (Lipinski definition) is 1. The summed E-state index contributed by atoms with van der Waals surface area (Å²) in [5.41, 5.74) is 0. The third-order valence-electron chi connectivity index (χ3n) is 4.23. The van der Waals surface area contributed by atoms with Crippen LogP contribution in [-0.2, 0) is 0 Å². The first kappa shape index (κ1) is 12.3. The number of piperidine rings is 1.